The molecule has 1 aliphatic carbocycles. The van der Waals surface area contributed by atoms with Gasteiger partial charge in [0.2, 0.25) is 5.43 Å². The lowest BCUT2D eigenvalue weighted by atomic mass is 9.98. The van der Waals surface area contributed by atoms with Crippen molar-refractivity contribution in [1.29, 1.82) is 0 Å². The van der Waals surface area contributed by atoms with Crippen LogP contribution in [0.1, 0.15) is 75.3 Å². The number of fused-ring (bicyclic) bond motifs is 1. The van der Waals surface area contributed by atoms with Crippen LogP contribution < -0.4 is 5.43 Å². The van der Waals surface area contributed by atoms with Crippen LogP contribution in [0, 0.1) is 11.6 Å². The SMILES string of the molecule is CCOC(=O)c1cn(C2CC2)c2c(C[C@@H]3CCCN3C(=O)OC(C)(C)C)c(F)c(F)cc2c1=O. The number of carbonyl (C=O) groups excluding carboxylic acids is 2. The van der Waals surface area contributed by atoms with Crippen molar-refractivity contribution in [2.24, 2.45) is 0 Å². The van der Waals surface area contributed by atoms with Crippen molar-refractivity contribution in [3.63, 3.8) is 0 Å². The van der Waals surface area contributed by atoms with Crippen molar-refractivity contribution in [3.05, 3.63) is 45.2 Å². The molecule has 1 saturated carbocycles. The number of esters is 1. The Bertz CT molecular complexity index is 1200. The molecular weight excluding hydrogens is 446 g/mol. The number of carbonyl (C=O) groups is 2. The summed E-state index contributed by atoms with van der Waals surface area (Å²) < 4.78 is 42.2. The van der Waals surface area contributed by atoms with Gasteiger partial charge < -0.3 is 18.9 Å². The van der Waals surface area contributed by atoms with Gasteiger partial charge >= 0.3 is 12.1 Å². The molecule has 0 unspecified atom stereocenters. The first-order chi connectivity index (χ1) is 16.0. The standard InChI is InChI=1S/C25H30F2N2O5/c1-5-33-23(31)18-13-29(14-8-9-14)21-16(20(27)19(26)12-17(21)22(18)30)11-15-7-6-10-28(15)24(32)34-25(2,3)4/h12-15H,5-11H2,1-4H3/t15-/m0/s1. The van der Waals surface area contributed by atoms with Crippen LogP contribution in [-0.2, 0) is 15.9 Å². The second-order valence-corrected chi connectivity index (χ2v) is 9.95. The number of hydrogen-bond acceptors (Lipinski definition) is 5. The number of hydrogen-bond donors (Lipinski definition) is 0. The molecule has 184 valence electrons. The van der Waals surface area contributed by atoms with Crippen LogP contribution in [-0.4, -0.2) is 46.3 Å². The predicted molar refractivity (Wildman–Crippen MR) is 122 cm³/mol. The topological polar surface area (TPSA) is 77.8 Å². The lowest BCUT2D eigenvalue weighted by Gasteiger charge is -2.29. The zero-order valence-corrected chi connectivity index (χ0v) is 20.0. The van der Waals surface area contributed by atoms with E-state index in [1.807, 2.05) is 0 Å². The monoisotopic (exact) mass is 476 g/mol. The Morgan fingerprint density at radius 2 is 1.88 bits per heavy atom. The first-order valence-corrected chi connectivity index (χ1v) is 11.7. The molecule has 0 N–H and O–H groups in total. The van der Waals surface area contributed by atoms with Crippen LogP contribution in [0.15, 0.2) is 17.1 Å². The molecule has 2 aliphatic rings. The highest BCUT2D eigenvalue weighted by molar-refractivity contribution is 5.94. The number of pyridine rings is 1. The number of benzene rings is 1. The molecule has 7 nitrogen and oxygen atoms in total. The lowest BCUT2D eigenvalue weighted by molar-refractivity contribution is 0.0226. The Hall–Kier alpha value is -2.97. The van der Waals surface area contributed by atoms with Gasteiger partial charge in [0.1, 0.15) is 11.2 Å². The fraction of sp³-hybridized carbons (Fsp3) is 0.560. The Labute approximate surface area is 196 Å². The third-order valence-corrected chi connectivity index (χ3v) is 6.18. The largest absolute Gasteiger partial charge is 0.462 e. The molecule has 34 heavy (non-hydrogen) atoms. The minimum absolute atomic E-state index is 0.0228. The zero-order chi connectivity index (χ0) is 24.8. The summed E-state index contributed by atoms with van der Waals surface area (Å²) in [5.41, 5.74) is -1.27. The number of amides is 1. The summed E-state index contributed by atoms with van der Waals surface area (Å²) >= 11 is 0. The number of nitrogens with zero attached hydrogens (tertiary/aromatic N) is 2. The van der Waals surface area contributed by atoms with E-state index >= 15 is 4.39 Å². The second-order valence-electron chi connectivity index (χ2n) is 9.95. The number of rotatable bonds is 5. The maximum Gasteiger partial charge on any atom is 0.410 e. The molecule has 1 saturated heterocycles. The van der Waals surface area contributed by atoms with Gasteiger partial charge in [0.05, 0.1) is 12.1 Å². The minimum atomic E-state index is -1.16. The molecule has 1 aromatic carbocycles. The Balaban J connectivity index is 1.82. The fourth-order valence-corrected chi connectivity index (χ4v) is 4.57. The smallest absolute Gasteiger partial charge is 0.410 e. The van der Waals surface area contributed by atoms with E-state index in [-0.39, 0.29) is 41.1 Å². The number of likely N-dealkylation sites (tertiary alicyclic amines) is 1. The van der Waals surface area contributed by atoms with Crippen LogP contribution in [0.2, 0.25) is 0 Å². The lowest BCUT2D eigenvalue weighted by Crippen LogP contribution is -2.41. The van der Waals surface area contributed by atoms with Crippen molar-refractivity contribution in [1.82, 2.24) is 9.47 Å². The third kappa shape index (κ3) is 4.65. The first kappa shape index (κ1) is 24.2. The highest BCUT2D eigenvalue weighted by Gasteiger charge is 2.35. The van der Waals surface area contributed by atoms with Crippen LogP contribution in [0.25, 0.3) is 10.9 Å². The quantitative estimate of drug-likeness (QED) is 0.583. The molecule has 9 heteroatoms. The summed E-state index contributed by atoms with van der Waals surface area (Å²) in [5.74, 6) is -2.99. The van der Waals surface area contributed by atoms with Crippen molar-refractivity contribution < 1.29 is 27.8 Å². The van der Waals surface area contributed by atoms with Crippen LogP contribution in [0.4, 0.5) is 13.6 Å². The highest BCUT2D eigenvalue weighted by atomic mass is 19.2. The molecule has 0 radical (unpaired) electrons. The molecule has 2 aromatic rings. The van der Waals surface area contributed by atoms with Crippen molar-refractivity contribution in [3.8, 4) is 0 Å². The summed E-state index contributed by atoms with van der Waals surface area (Å²) in [6.07, 6.45) is 3.84. The van der Waals surface area contributed by atoms with E-state index in [1.165, 1.54) is 6.20 Å². The van der Waals surface area contributed by atoms with Gasteiger partial charge in [-0.1, -0.05) is 0 Å². The number of halogens is 2. The van der Waals surface area contributed by atoms with Crippen LogP contribution >= 0.6 is 0 Å². The zero-order valence-electron chi connectivity index (χ0n) is 20.0. The van der Waals surface area contributed by atoms with E-state index in [2.05, 4.69) is 0 Å². The summed E-state index contributed by atoms with van der Waals surface area (Å²) in [5, 5.41) is -0.0619. The van der Waals surface area contributed by atoms with E-state index in [9.17, 15) is 18.8 Å². The maximum absolute atomic E-state index is 15.2. The van der Waals surface area contributed by atoms with Gasteiger partial charge in [-0.3, -0.25) is 4.79 Å². The van der Waals surface area contributed by atoms with Gasteiger partial charge in [-0.2, -0.15) is 0 Å². The molecule has 0 bridgehead atoms. The van der Waals surface area contributed by atoms with Gasteiger partial charge in [0.25, 0.3) is 0 Å². The van der Waals surface area contributed by atoms with E-state index in [4.69, 9.17) is 9.47 Å². The molecule has 1 amide bonds. The Morgan fingerprint density at radius 3 is 2.50 bits per heavy atom. The molecule has 4 rings (SSSR count). The van der Waals surface area contributed by atoms with E-state index in [1.54, 1.807) is 37.2 Å². The van der Waals surface area contributed by atoms with Gasteiger partial charge in [0, 0.05) is 35.8 Å². The summed E-state index contributed by atoms with van der Waals surface area (Å²) in [6.45, 7) is 7.48. The van der Waals surface area contributed by atoms with Gasteiger partial charge in [-0.15, -0.1) is 0 Å². The molecule has 1 atom stereocenters. The average molecular weight is 477 g/mol. The van der Waals surface area contributed by atoms with Gasteiger partial charge in [-0.05, 0) is 65.9 Å². The third-order valence-electron chi connectivity index (χ3n) is 6.18. The van der Waals surface area contributed by atoms with Crippen LogP contribution in [0.5, 0.6) is 0 Å². The molecule has 1 aromatic heterocycles. The minimum Gasteiger partial charge on any atom is -0.462 e. The molecular formula is C25H30F2N2O5. The van der Waals surface area contributed by atoms with Crippen molar-refractivity contribution in [2.45, 2.75) is 77.5 Å². The number of ether oxygens (including phenoxy) is 2. The van der Waals surface area contributed by atoms with E-state index < -0.39 is 40.8 Å². The van der Waals surface area contributed by atoms with Gasteiger partial charge in [-0.25, -0.2) is 18.4 Å². The van der Waals surface area contributed by atoms with E-state index in [0.29, 0.717) is 19.4 Å². The van der Waals surface area contributed by atoms with E-state index in [0.717, 1.165) is 18.9 Å². The first-order valence-electron chi connectivity index (χ1n) is 11.7. The molecule has 1 aliphatic heterocycles. The summed E-state index contributed by atoms with van der Waals surface area (Å²) in [4.78, 5) is 39.8. The fourth-order valence-electron chi connectivity index (χ4n) is 4.57. The Kier molecular flexibility index (Phi) is 6.40. The van der Waals surface area contributed by atoms with Crippen molar-refractivity contribution >= 4 is 23.0 Å². The second kappa shape index (κ2) is 9.00. The molecule has 2 fully saturated rings. The number of aromatic nitrogens is 1. The predicted octanol–water partition coefficient (Wildman–Crippen LogP) is 4.73. The average Bonchev–Trinajstić information content (AvgIpc) is 3.48. The highest BCUT2D eigenvalue weighted by Crippen LogP contribution is 2.39. The normalized spacial score (nSPS) is 18.4. The van der Waals surface area contributed by atoms with Crippen LogP contribution in [0.3, 0.4) is 0 Å². The summed E-state index contributed by atoms with van der Waals surface area (Å²) in [7, 11) is 0. The maximum atomic E-state index is 15.2. The molecule has 2 heterocycles. The van der Waals surface area contributed by atoms with Crippen molar-refractivity contribution in [2.75, 3.05) is 13.2 Å². The van der Waals surface area contributed by atoms with Gasteiger partial charge in [0.15, 0.2) is 11.6 Å². The summed E-state index contributed by atoms with van der Waals surface area (Å²) in [6, 6.07) is 0.436. The Morgan fingerprint density at radius 1 is 1.18 bits per heavy atom. The molecule has 0 spiro atoms.